The third-order valence-electron chi connectivity index (χ3n) is 2.76. The van der Waals surface area contributed by atoms with E-state index >= 15 is 0 Å². The molecule has 82 valence electrons. The summed E-state index contributed by atoms with van der Waals surface area (Å²) in [5.74, 6) is 1.82. The SMILES string of the molecule is COC(=O)CSCC(N)C1CCCC1. The Hall–Kier alpha value is -0.220. The van der Waals surface area contributed by atoms with Gasteiger partial charge in [-0.2, -0.15) is 0 Å². The molecular weight excluding hydrogens is 198 g/mol. The summed E-state index contributed by atoms with van der Waals surface area (Å²) < 4.78 is 4.56. The average Bonchev–Trinajstić information content (AvgIpc) is 2.70. The van der Waals surface area contributed by atoms with Crippen LogP contribution in [0.2, 0.25) is 0 Å². The highest BCUT2D eigenvalue weighted by Gasteiger charge is 2.21. The lowest BCUT2D eigenvalue weighted by Crippen LogP contribution is -2.31. The van der Waals surface area contributed by atoms with E-state index in [0.29, 0.717) is 11.7 Å². The number of esters is 1. The highest BCUT2D eigenvalue weighted by Crippen LogP contribution is 2.28. The third kappa shape index (κ3) is 3.88. The van der Waals surface area contributed by atoms with Gasteiger partial charge in [-0.05, 0) is 18.8 Å². The van der Waals surface area contributed by atoms with E-state index < -0.39 is 0 Å². The van der Waals surface area contributed by atoms with E-state index in [4.69, 9.17) is 5.73 Å². The molecule has 1 rings (SSSR count). The van der Waals surface area contributed by atoms with Crippen LogP contribution < -0.4 is 5.73 Å². The minimum absolute atomic E-state index is 0.159. The Labute approximate surface area is 89.8 Å². The summed E-state index contributed by atoms with van der Waals surface area (Å²) in [7, 11) is 1.42. The van der Waals surface area contributed by atoms with Crippen LogP contribution in [0.25, 0.3) is 0 Å². The smallest absolute Gasteiger partial charge is 0.315 e. The summed E-state index contributed by atoms with van der Waals surface area (Å²) in [5.41, 5.74) is 6.03. The monoisotopic (exact) mass is 217 g/mol. The van der Waals surface area contributed by atoms with E-state index in [1.165, 1.54) is 32.8 Å². The number of rotatable bonds is 5. The van der Waals surface area contributed by atoms with Crippen LogP contribution in [0, 0.1) is 5.92 Å². The van der Waals surface area contributed by atoms with Crippen LogP contribution in [-0.4, -0.2) is 30.6 Å². The van der Waals surface area contributed by atoms with E-state index in [1.54, 1.807) is 11.8 Å². The molecule has 1 aliphatic carbocycles. The molecule has 0 heterocycles. The Morgan fingerprint density at radius 3 is 2.79 bits per heavy atom. The quantitative estimate of drug-likeness (QED) is 0.707. The maximum atomic E-state index is 10.8. The lowest BCUT2D eigenvalue weighted by Gasteiger charge is -2.17. The van der Waals surface area contributed by atoms with Crippen LogP contribution in [0.1, 0.15) is 25.7 Å². The van der Waals surface area contributed by atoms with E-state index in [1.807, 2.05) is 0 Å². The predicted molar refractivity (Wildman–Crippen MR) is 59.3 cm³/mol. The number of carbonyl (C=O) groups excluding carboxylic acids is 1. The van der Waals surface area contributed by atoms with Gasteiger partial charge in [0, 0.05) is 11.8 Å². The van der Waals surface area contributed by atoms with Gasteiger partial charge in [-0.1, -0.05) is 12.8 Å². The second kappa shape index (κ2) is 6.30. The van der Waals surface area contributed by atoms with Gasteiger partial charge in [-0.15, -0.1) is 11.8 Å². The summed E-state index contributed by atoms with van der Waals surface area (Å²) in [5, 5.41) is 0. The van der Waals surface area contributed by atoms with Crippen LogP contribution in [-0.2, 0) is 9.53 Å². The fourth-order valence-electron chi connectivity index (χ4n) is 1.86. The first-order valence-corrected chi connectivity index (χ1v) is 6.29. The number of hydrogen-bond donors (Lipinski definition) is 1. The first-order chi connectivity index (χ1) is 6.74. The van der Waals surface area contributed by atoms with Gasteiger partial charge in [-0.3, -0.25) is 4.79 Å². The largest absolute Gasteiger partial charge is 0.468 e. The number of thioether (sulfide) groups is 1. The van der Waals surface area contributed by atoms with Crippen LogP contribution in [0.15, 0.2) is 0 Å². The van der Waals surface area contributed by atoms with Crippen molar-refractivity contribution in [1.82, 2.24) is 0 Å². The standard InChI is InChI=1S/C10H19NO2S/c1-13-10(12)7-14-6-9(11)8-4-2-3-5-8/h8-9H,2-7,11H2,1H3. The van der Waals surface area contributed by atoms with Gasteiger partial charge in [0.1, 0.15) is 0 Å². The summed E-state index contributed by atoms with van der Waals surface area (Å²) in [6, 6.07) is 0.257. The Morgan fingerprint density at radius 1 is 1.57 bits per heavy atom. The van der Waals surface area contributed by atoms with Gasteiger partial charge < -0.3 is 10.5 Å². The number of nitrogens with two attached hydrogens (primary N) is 1. The Bertz CT molecular complexity index is 181. The zero-order valence-electron chi connectivity index (χ0n) is 8.70. The van der Waals surface area contributed by atoms with E-state index in [0.717, 1.165) is 5.75 Å². The number of methoxy groups -OCH3 is 1. The second-order valence-electron chi connectivity index (χ2n) is 3.80. The molecule has 0 spiro atoms. The molecule has 0 aliphatic heterocycles. The lowest BCUT2D eigenvalue weighted by molar-refractivity contribution is -0.137. The summed E-state index contributed by atoms with van der Waals surface area (Å²) in [6.07, 6.45) is 5.17. The Kier molecular flexibility index (Phi) is 5.33. The fraction of sp³-hybridized carbons (Fsp3) is 0.900. The molecule has 0 radical (unpaired) electrons. The molecule has 0 saturated heterocycles. The van der Waals surface area contributed by atoms with Crippen molar-refractivity contribution in [2.24, 2.45) is 11.7 Å². The van der Waals surface area contributed by atoms with Gasteiger partial charge in [0.05, 0.1) is 12.9 Å². The van der Waals surface area contributed by atoms with Crippen LogP contribution in [0.5, 0.6) is 0 Å². The van der Waals surface area contributed by atoms with Gasteiger partial charge in [-0.25, -0.2) is 0 Å². The molecule has 1 saturated carbocycles. The molecule has 0 aromatic heterocycles. The van der Waals surface area contributed by atoms with Crippen molar-refractivity contribution in [3.05, 3.63) is 0 Å². The molecule has 0 aromatic carbocycles. The Morgan fingerprint density at radius 2 is 2.21 bits per heavy atom. The first-order valence-electron chi connectivity index (χ1n) is 5.14. The molecule has 1 atom stereocenters. The molecule has 0 amide bonds. The maximum absolute atomic E-state index is 10.8. The van der Waals surface area contributed by atoms with Crippen molar-refractivity contribution in [3.8, 4) is 0 Å². The number of ether oxygens (including phenoxy) is 1. The molecular formula is C10H19NO2S. The highest BCUT2D eigenvalue weighted by molar-refractivity contribution is 7.99. The predicted octanol–water partition coefficient (Wildman–Crippen LogP) is 1.41. The molecule has 4 heteroatoms. The van der Waals surface area contributed by atoms with Crippen molar-refractivity contribution in [1.29, 1.82) is 0 Å². The van der Waals surface area contributed by atoms with E-state index in [9.17, 15) is 4.79 Å². The van der Waals surface area contributed by atoms with Crippen molar-refractivity contribution >= 4 is 17.7 Å². The number of hydrogen-bond acceptors (Lipinski definition) is 4. The Balaban J connectivity index is 2.08. The molecule has 1 aliphatic rings. The van der Waals surface area contributed by atoms with E-state index in [-0.39, 0.29) is 12.0 Å². The van der Waals surface area contributed by atoms with Gasteiger partial charge in [0.2, 0.25) is 0 Å². The molecule has 0 bridgehead atoms. The van der Waals surface area contributed by atoms with Crippen molar-refractivity contribution in [2.75, 3.05) is 18.6 Å². The minimum atomic E-state index is -0.159. The summed E-state index contributed by atoms with van der Waals surface area (Å²) in [4.78, 5) is 10.8. The minimum Gasteiger partial charge on any atom is -0.468 e. The van der Waals surface area contributed by atoms with E-state index in [2.05, 4.69) is 4.74 Å². The summed E-state index contributed by atoms with van der Waals surface area (Å²) in [6.45, 7) is 0. The normalized spacial score (nSPS) is 19.6. The van der Waals surface area contributed by atoms with Gasteiger partial charge in [0.25, 0.3) is 0 Å². The van der Waals surface area contributed by atoms with Gasteiger partial charge >= 0.3 is 5.97 Å². The summed E-state index contributed by atoms with van der Waals surface area (Å²) >= 11 is 1.58. The number of carbonyl (C=O) groups is 1. The topological polar surface area (TPSA) is 52.3 Å². The highest BCUT2D eigenvalue weighted by atomic mass is 32.2. The lowest BCUT2D eigenvalue weighted by atomic mass is 10.0. The average molecular weight is 217 g/mol. The molecule has 0 aromatic rings. The maximum Gasteiger partial charge on any atom is 0.315 e. The molecule has 14 heavy (non-hydrogen) atoms. The third-order valence-corrected chi connectivity index (χ3v) is 3.82. The molecule has 1 fully saturated rings. The van der Waals surface area contributed by atoms with Crippen LogP contribution >= 0.6 is 11.8 Å². The zero-order valence-corrected chi connectivity index (χ0v) is 9.52. The molecule has 1 unspecified atom stereocenters. The second-order valence-corrected chi connectivity index (χ2v) is 4.83. The zero-order chi connectivity index (χ0) is 10.4. The fourth-order valence-corrected chi connectivity index (χ4v) is 2.81. The van der Waals surface area contributed by atoms with Crippen molar-refractivity contribution in [3.63, 3.8) is 0 Å². The molecule has 2 N–H and O–H groups in total. The van der Waals surface area contributed by atoms with Crippen molar-refractivity contribution < 1.29 is 9.53 Å². The first kappa shape index (κ1) is 11.9. The van der Waals surface area contributed by atoms with Crippen LogP contribution in [0.4, 0.5) is 0 Å². The molecule has 3 nitrogen and oxygen atoms in total. The van der Waals surface area contributed by atoms with Crippen LogP contribution in [0.3, 0.4) is 0 Å². The van der Waals surface area contributed by atoms with Crippen molar-refractivity contribution in [2.45, 2.75) is 31.7 Å². The van der Waals surface area contributed by atoms with Gasteiger partial charge in [0.15, 0.2) is 0 Å².